The fourth-order valence-electron chi connectivity index (χ4n) is 1.66. The van der Waals surface area contributed by atoms with Crippen molar-refractivity contribution in [3.05, 3.63) is 0 Å². The summed E-state index contributed by atoms with van der Waals surface area (Å²) >= 11 is 6.17. The summed E-state index contributed by atoms with van der Waals surface area (Å²) in [6.45, 7) is 2.19. The second-order valence-corrected chi connectivity index (χ2v) is 4.89. The number of ether oxygens (including phenoxy) is 1. The molecule has 0 saturated heterocycles. The summed E-state index contributed by atoms with van der Waals surface area (Å²) in [7, 11) is 1.44. The number of esters is 1. The molecule has 0 radical (unpaired) electrons. The number of carbonyl (C=O) groups excluding carboxylic acids is 1. The molecule has 2 nitrogen and oxygen atoms in total. The van der Waals surface area contributed by atoms with E-state index in [-0.39, 0.29) is 5.97 Å². The third kappa shape index (κ3) is 10.3. The van der Waals surface area contributed by atoms with Gasteiger partial charge in [-0.2, -0.15) is 0 Å². The monoisotopic (exact) mass is 248 g/mol. The molecule has 0 bridgehead atoms. The molecule has 96 valence electrons. The predicted octanol–water partition coefficient (Wildman–Crippen LogP) is 4.30. The van der Waals surface area contributed by atoms with Crippen LogP contribution in [-0.4, -0.2) is 18.5 Å². The SMILES string of the molecule is CCCCC(Cl)CCCCCCC(=O)OC. The zero-order valence-electron chi connectivity index (χ0n) is 10.6. The van der Waals surface area contributed by atoms with Crippen LogP contribution in [0.5, 0.6) is 0 Å². The van der Waals surface area contributed by atoms with Crippen LogP contribution in [-0.2, 0) is 9.53 Å². The van der Waals surface area contributed by atoms with E-state index < -0.39 is 0 Å². The van der Waals surface area contributed by atoms with E-state index in [0.717, 1.165) is 25.7 Å². The number of alkyl halides is 1. The summed E-state index contributed by atoms with van der Waals surface area (Å²) in [5.74, 6) is -0.0989. The average Bonchev–Trinajstić information content (AvgIpc) is 2.30. The van der Waals surface area contributed by atoms with Crippen molar-refractivity contribution in [1.82, 2.24) is 0 Å². The number of hydrogen-bond donors (Lipinski definition) is 0. The molecular weight excluding hydrogens is 224 g/mol. The maximum absolute atomic E-state index is 10.8. The lowest BCUT2D eigenvalue weighted by Crippen LogP contribution is -2.00. The van der Waals surface area contributed by atoms with Crippen molar-refractivity contribution in [2.75, 3.05) is 7.11 Å². The van der Waals surface area contributed by atoms with Gasteiger partial charge in [-0.1, -0.05) is 39.0 Å². The third-order valence-corrected chi connectivity index (χ3v) is 3.18. The van der Waals surface area contributed by atoms with Gasteiger partial charge in [-0.05, 0) is 19.3 Å². The predicted molar refractivity (Wildman–Crippen MR) is 68.9 cm³/mol. The van der Waals surface area contributed by atoms with Crippen molar-refractivity contribution in [2.24, 2.45) is 0 Å². The molecule has 0 aliphatic rings. The van der Waals surface area contributed by atoms with Gasteiger partial charge < -0.3 is 4.74 Å². The van der Waals surface area contributed by atoms with Gasteiger partial charge in [0, 0.05) is 11.8 Å². The van der Waals surface area contributed by atoms with Gasteiger partial charge in [0.15, 0.2) is 0 Å². The van der Waals surface area contributed by atoms with Crippen LogP contribution < -0.4 is 0 Å². The molecule has 0 spiro atoms. The van der Waals surface area contributed by atoms with Crippen molar-refractivity contribution in [2.45, 2.75) is 70.1 Å². The number of halogens is 1. The van der Waals surface area contributed by atoms with Crippen LogP contribution in [0.25, 0.3) is 0 Å². The molecule has 3 heteroatoms. The highest BCUT2D eigenvalue weighted by Gasteiger charge is 2.04. The molecule has 0 heterocycles. The van der Waals surface area contributed by atoms with Crippen molar-refractivity contribution in [3.8, 4) is 0 Å². The molecule has 0 N–H and O–H groups in total. The number of carbonyl (C=O) groups is 1. The van der Waals surface area contributed by atoms with Crippen LogP contribution in [0.4, 0.5) is 0 Å². The molecule has 16 heavy (non-hydrogen) atoms. The van der Waals surface area contributed by atoms with E-state index in [4.69, 9.17) is 11.6 Å². The molecule has 1 unspecified atom stereocenters. The number of methoxy groups -OCH3 is 1. The van der Waals surface area contributed by atoms with Crippen LogP contribution in [0.3, 0.4) is 0 Å². The van der Waals surface area contributed by atoms with Crippen molar-refractivity contribution in [1.29, 1.82) is 0 Å². The van der Waals surface area contributed by atoms with Crippen LogP contribution in [0.1, 0.15) is 64.7 Å². The van der Waals surface area contributed by atoms with Gasteiger partial charge in [0.05, 0.1) is 7.11 Å². The molecule has 1 atom stereocenters. The van der Waals surface area contributed by atoms with E-state index in [1.807, 2.05) is 0 Å². The largest absolute Gasteiger partial charge is 0.469 e. The fraction of sp³-hybridized carbons (Fsp3) is 0.923. The second-order valence-electron chi connectivity index (χ2n) is 4.27. The Morgan fingerprint density at radius 1 is 1.12 bits per heavy atom. The van der Waals surface area contributed by atoms with E-state index in [1.165, 1.54) is 32.8 Å². The first-order valence-corrected chi connectivity index (χ1v) is 6.85. The van der Waals surface area contributed by atoms with E-state index in [1.54, 1.807) is 0 Å². The molecule has 0 aliphatic carbocycles. The van der Waals surface area contributed by atoms with Crippen molar-refractivity contribution in [3.63, 3.8) is 0 Å². The summed E-state index contributed by atoms with van der Waals surface area (Å²) in [5.41, 5.74) is 0. The first kappa shape index (κ1) is 15.8. The summed E-state index contributed by atoms with van der Waals surface area (Å²) in [5, 5.41) is 0.348. The highest BCUT2D eigenvalue weighted by Crippen LogP contribution is 2.16. The highest BCUT2D eigenvalue weighted by atomic mass is 35.5. The molecule has 0 saturated carbocycles. The van der Waals surface area contributed by atoms with E-state index in [0.29, 0.717) is 11.8 Å². The summed E-state index contributed by atoms with van der Waals surface area (Å²) in [4.78, 5) is 10.8. The zero-order valence-corrected chi connectivity index (χ0v) is 11.4. The topological polar surface area (TPSA) is 26.3 Å². The van der Waals surface area contributed by atoms with Gasteiger partial charge in [-0.25, -0.2) is 0 Å². The van der Waals surface area contributed by atoms with Gasteiger partial charge >= 0.3 is 5.97 Å². The Morgan fingerprint density at radius 2 is 1.75 bits per heavy atom. The maximum Gasteiger partial charge on any atom is 0.305 e. The lowest BCUT2D eigenvalue weighted by molar-refractivity contribution is -0.140. The Balaban J connectivity index is 3.17. The van der Waals surface area contributed by atoms with Gasteiger partial charge in [0.25, 0.3) is 0 Å². The maximum atomic E-state index is 10.8. The lowest BCUT2D eigenvalue weighted by atomic mass is 10.1. The minimum absolute atomic E-state index is 0.0989. The molecular formula is C13H25ClO2. The third-order valence-electron chi connectivity index (χ3n) is 2.75. The summed E-state index contributed by atoms with van der Waals surface area (Å²) in [6.07, 6.45) is 9.65. The lowest BCUT2D eigenvalue weighted by Gasteiger charge is -2.07. The van der Waals surface area contributed by atoms with Gasteiger partial charge in [0.1, 0.15) is 0 Å². The van der Waals surface area contributed by atoms with Crippen LogP contribution in [0, 0.1) is 0 Å². The molecule has 0 aromatic rings. The van der Waals surface area contributed by atoms with Gasteiger partial charge in [-0.15, -0.1) is 11.6 Å². The minimum atomic E-state index is -0.0989. The summed E-state index contributed by atoms with van der Waals surface area (Å²) < 4.78 is 4.58. The Labute approximate surface area is 105 Å². The summed E-state index contributed by atoms with van der Waals surface area (Å²) in [6, 6.07) is 0. The van der Waals surface area contributed by atoms with Crippen LogP contribution in [0.2, 0.25) is 0 Å². The Kier molecular flexibility index (Phi) is 11.1. The minimum Gasteiger partial charge on any atom is -0.469 e. The Morgan fingerprint density at radius 3 is 2.38 bits per heavy atom. The first-order valence-electron chi connectivity index (χ1n) is 6.41. The first-order chi connectivity index (χ1) is 7.70. The Hall–Kier alpha value is -0.240. The van der Waals surface area contributed by atoms with Gasteiger partial charge in [0.2, 0.25) is 0 Å². The molecule has 0 amide bonds. The molecule has 0 fully saturated rings. The van der Waals surface area contributed by atoms with Gasteiger partial charge in [-0.3, -0.25) is 4.79 Å². The number of unbranched alkanes of at least 4 members (excludes halogenated alkanes) is 4. The molecule has 0 rings (SSSR count). The number of rotatable bonds is 10. The van der Waals surface area contributed by atoms with Crippen LogP contribution >= 0.6 is 11.6 Å². The second kappa shape index (κ2) is 11.3. The van der Waals surface area contributed by atoms with E-state index >= 15 is 0 Å². The van der Waals surface area contributed by atoms with E-state index in [2.05, 4.69) is 11.7 Å². The quantitative estimate of drug-likeness (QED) is 0.327. The molecule has 0 aromatic carbocycles. The highest BCUT2D eigenvalue weighted by molar-refractivity contribution is 6.20. The van der Waals surface area contributed by atoms with Crippen molar-refractivity contribution >= 4 is 17.6 Å². The van der Waals surface area contributed by atoms with Crippen molar-refractivity contribution < 1.29 is 9.53 Å². The fourth-order valence-corrected chi connectivity index (χ4v) is 1.97. The van der Waals surface area contributed by atoms with E-state index in [9.17, 15) is 4.79 Å². The Bertz CT molecular complexity index is 171. The normalized spacial score (nSPS) is 12.4. The smallest absolute Gasteiger partial charge is 0.305 e. The van der Waals surface area contributed by atoms with Crippen LogP contribution in [0.15, 0.2) is 0 Å². The zero-order chi connectivity index (χ0) is 12.2. The average molecular weight is 249 g/mol. The number of hydrogen-bond acceptors (Lipinski definition) is 2. The standard InChI is InChI=1S/C13H25ClO2/c1-3-4-9-12(14)10-7-5-6-8-11-13(15)16-2/h12H,3-11H2,1-2H3. The molecule has 0 aliphatic heterocycles. The molecule has 0 aromatic heterocycles.